The van der Waals surface area contributed by atoms with Crippen LogP contribution in [-0.2, 0) is 25.5 Å². The zero-order chi connectivity index (χ0) is 16.9. The fraction of sp³-hybridized carbons (Fsp3) is 0.471. The first kappa shape index (κ1) is 16.4. The number of morpholine rings is 1. The zero-order valence-corrected chi connectivity index (χ0v) is 13.4. The van der Waals surface area contributed by atoms with E-state index in [2.05, 4.69) is 21.6 Å². The molecule has 1 aromatic carbocycles. The van der Waals surface area contributed by atoms with Gasteiger partial charge in [-0.1, -0.05) is 18.2 Å². The SMILES string of the molecule is O=C1C[C@H](NC(=O)CCc2ccccc2N2CCOCC2)C(=O)N1. The number of aryl methyl sites for hydroxylation is 1. The molecule has 128 valence electrons. The van der Waals surface area contributed by atoms with E-state index in [1.165, 1.54) is 0 Å². The van der Waals surface area contributed by atoms with Crippen molar-refractivity contribution in [1.29, 1.82) is 0 Å². The van der Waals surface area contributed by atoms with E-state index in [0.717, 1.165) is 24.3 Å². The number of hydrogen-bond donors (Lipinski definition) is 2. The molecular weight excluding hydrogens is 310 g/mol. The standard InChI is InChI=1S/C17H21N3O4/c21-15(18-13-11-16(22)19-17(13)23)6-5-12-3-1-2-4-14(12)20-7-9-24-10-8-20/h1-4,13H,5-11H2,(H,18,21)(H,19,22,23)/t13-/m0/s1. The molecule has 0 bridgehead atoms. The van der Waals surface area contributed by atoms with Gasteiger partial charge in [0.05, 0.1) is 19.6 Å². The Bertz CT molecular complexity index is 640. The largest absolute Gasteiger partial charge is 0.378 e. The van der Waals surface area contributed by atoms with E-state index in [0.29, 0.717) is 19.6 Å². The molecule has 0 aromatic heterocycles. The van der Waals surface area contributed by atoms with Crippen molar-refractivity contribution in [3.05, 3.63) is 29.8 Å². The van der Waals surface area contributed by atoms with Crippen molar-refractivity contribution in [2.24, 2.45) is 0 Å². The molecule has 1 atom stereocenters. The van der Waals surface area contributed by atoms with Crippen molar-refractivity contribution in [1.82, 2.24) is 10.6 Å². The second-order valence-electron chi connectivity index (χ2n) is 5.96. The Labute approximate surface area is 140 Å². The van der Waals surface area contributed by atoms with Crippen LogP contribution in [0.4, 0.5) is 5.69 Å². The smallest absolute Gasteiger partial charge is 0.249 e. The number of benzene rings is 1. The molecule has 3 rings (SSSR count). The second kappa shape index (κ2) is 7.44. The lowest BCUT2D eigenvalue weighted by atomic mass is 10.1. The van der Waals surface area contributed by atoms with Crippen LogP contribution in [0.15, 0.2) is 24.3 Å². The summed E-state index contributed by atoms with van der Waals surface area (Å²) in [5.41, 5.74) is 2.23. The third-order valence-corrected chi connectivity index (χ3v) is 4.27. The quantitative estimate of drug-likeness (QED) is 0.741. The molecule has 2 heterocycles. The summed E-state index contributed by atoms with van der Waals surface area (Å²) in [6.07, 6.45) is 0.885. The summed E-state index contributed by atoms with van der Waals surface area (Å²) in [6, 6.07) is 7.29. The molecule has 2 saturated heterocycles. The van der Waals surface area contributed by atoms with Crippen LogP contribution in [0.25, 0.3) is 0 Å². The van der Waals surface area contributed by atoms with E-state index in [1.54, 1.807) is 0 Å². The number of rotatable bonds is 5. The van der Waals surface area contributed by atoms with Gasteiger partial charge in [-0.15, -0.1) is 0 Å². The first-order valence-corrected chi connectivity index (χ1v) is 8.17. The third-order valence-electron chi connectivity index (χ3n) is 4.27. The molecule has 0 spiro atoms. The van der Waals surface area contributed by atoms with Crippen LogP contribution in [0.1, 0.15) is 18.4 Å². The van der Waals surface area contributed by atoms with Crippen LogP contribution in [0.2, 0.25) is 0 Å². The molecule has 0 unspecified atom stereocenters. The van der Waals surface area contributed by atoms with Gasteiger partial charge in [-0.3, -0.25) is 19.7 Å². The molecule has 0 aliphatic carbocycles. The van der Waals surface area contributed by atoms with Gasteiger partial charge < -0.3 is 15.0 Å². The number of para-hydroxylation sites is 1. The molecule has 1 aromatic rings. The van der Waals surface area contributed by atoms with Crippen molar-refractivity contribution in [2.45, 2.75) is 25.3 Å². The van der Waals surface area contributed by atoms with Crippen molar-refractivity contribution in [2.75, 3.05) is 31.2 Å². The maximum absolute atomic E-state index is 12.1. The molecule has 2 N–H and O–H groups in total. The number of carbonyl (C=O) groups is 3. The van der Waals surface area contributed by atoms with Crippen LogP contribution in [0.5, 0.6) is 0 Å². The van der Waals surface area contributed by atoms with Crippen molar-refractivity contribution >= 4 is 23.4 Å². The van der Waals surface area contributed by atoms with Gasteiger partial charge in [-0.25, -0.2) is 0 Å². The van der Waals surface area contributed by atoms with Gasteiger partial charge >= 0.3 is 0 Å². The van der Waals surface area contributed by atoms with Gasteiger partial charge in [0.1, 0.15) is 6.04 Å². The second-order valence-corrected chi connectivity index (χ2v) is 5.96. The summed E-state index contributed by atoms with van der Waals surface area (Å²) < 4.78 is 5.38. The van der Waals surface area contributed by atoms with Gasteiger partial charge in [-0.05, 0) is 18.1 Å². The average molecular weight is 331 g/mol. The molecule has 3 amide bonds. The van der Waals surface area contributed by atoms with Gasteiger partial charge in [0.15, 0.2) is 0 Å². The van der Waals surface area contributed by atoms with Crippen LogP contribution in [-0.4, -0.2) is 50.1 Å². The highest BCUT2D eigenvalue weighted by molar-refractivity contribution is 6.06. The van der Waals surface area contributed by atoms with Crippen LogP contribution < -0.4 is 15.5 Å². The van der Waals surface area contributed by atoms with Crippen LogP contribution >= 0.6 is 0 Å². The average Bonchev–Trinajstić information content (AvgIpc) is 2.91. The molecule has 2 aliphatic heterocycles. The Morgan fingerprint density at radius 2 is 2.00 bits per heavy atom. The predicted octanol–water partition coefficient (Wildman–Crippen LogP) is -0.0129. The number of imide groups is 1. The summed E-state index contributed by atoms with van der Waals surface area (Å²) in [5, 5.41) is 4.81. The highest BCUT2D eigenvalue weighted by Crippen LogP contribution is 2.22. The van der Waals surface area contributed by atoms with Gasteiger partial charge in [0, 0.05) is 25.2 Å². The van der Waals surface area contributed by atoms with Crippen molar-refractivity contribution in [3.8, 4) is 0 Å². The van der Waals surface area contributed by atoms with E-state index < -0.39 is 11.9 Å². The van der Waals surface area contributed by atoms with Gasteiger partial charge in [0.2, 0.25) is 17.7 Å². The predicted molar refractivity (Wildman–Crippen MR) is 87.5 cm³/mol. The zero-order valence-electron chi connectivity index (χ0n) is 13.4. The summed E-state index contributed by atoms with van der Waals surface area (Å²) in [4.78, 5) is 37.0. The summed E-state index contributed by atoms with van der Waals surface area (Å²) >= 11 is 0. The summed E-state index contributed by atoms with van der Waals surface area (Å²) in [6.45, 7) is 3.10. The molecular formula is C17H21N3O4. The highest BCUT2D eigenvalue weighted by atomic mass is 16.5. The summed E-state index contributed by atoms with van der Waals surface area (Å²) in [5.74, 6) is -0.994. The van der Waals surface area contributed by atoms with Gasteiger partial charge in [0.25, 0.3) is 0 Å². The Morgan fingerprint density at radius 1 is 1.25 bits per heavy atom. The minimum absolute atomic E-state index is 0.0228. The molecule has 2 aliphatic rings. The number of nitrogens with one attached hydrogen (secondary N) is 2. The lowest BCUT2D eigenvalue weighted by molar-refractivity contribution is -0.128. The minimum atomic E-state index is -0.737. The molecule has 7 nitrogen and oxygen atoms in total. The molecule has 2 fully saturated rings. The maximum Gasteiger partial charge on any atom is 0.249 e. The normalized spacial score (nSPS) is 20.8. The maximum atomic E-state index is 12.1. The Hall–Kier alpha value is -2.41. The number of ether oxygens (including phenoxy) is 1. The Morgan fingerprint density at radius 3 is 2.71 bits per heavy atom. The molecule has 7 heteroatoms. The number of amides is 3. The van der Waals surface area contributed by atoms with Crippen LogP contribution in [0, 0.1) is 0 Å². The highest BCUT2D eigenvalue weighted by Gasteiger charge is 2.31. The number of nitrogens with zero attached hydrogens (tertiary/aromatic N) is 1. The number of anilines is 1. The Balaban J connectivity index is 1.57. The van der Waals surface area contributed by atoms with E-state index in [4.69, 9.17) is 4.74 Å². The molecule has 0 saturated carbocycles. The minimum Gasteiger partial charge on any atom is -0.378 e. The third kappa shape index (κ3) is 3.91. The fourth-order valence-electron chi connectivity index (χ4n) is 3.02. The first-order valence-electron chi connectivity index (χ1n) is 8.17. The Kier molecular flexibility index (Phi) is 5.10. The monoisotopic (exact) mass is 331 g/mol. The lowest BCUT2D eigenvalue weighted by Crippen LogP contribution is -2.40. The van der Waals surface area contributed by atoms with Crippen molar-refractivity contribution in [3.63, 3.8) is 0 Å². The van der Waals surface area contributed by atoms with Crippen molar-refractivity contribution < 1.29 is 19.1 Å². The lowest BCUT2D eigenvalue weighted by Gasteiger charge is -2.30. The van der Waals surface area contributed by atoms with E-state index in [-0.39, 0.29) is 24.7 Å². The number of carbonyl (C=O) groups excluding carboxylic acids is 3. The van der Waals surface area contributed by atoms with E-state index in [9.17, 15) is 14.4 Å². The summed E-state index contributed by atoms with van der Waals surface area (Å²) in [7, 11) is 0. The van der Waals surface area contributed by atoms with E-state index >= 15 is 0 Å². The molecule has 0 radical (unpaired) electrons. The first-order chi connectivity index (χ1) is 11.6. The fourth-order valence-corrected chi connectivity index (χ4v) is 3.02. The topological polar surface area (TPSA) is 87.7 Å². The molecule has 24 heavy (non-hydrogen) atoms. The van der Waals surface area contributed by atoms with Gasteiger partial charge in [-0.2, -0.15) is 0 Å². The van der Waals surface area contributed by atoms with Crippen LogP contribution in [0.3, 0.4) is 0 Å². The van der Waals surface area contributed by atoms with E-state index in [1.807, 2.05) is 18.2 Å². The number of hydrogen-bond acceptors (Lipinski definition) is 5.